The summed E-state index contributed by atoms with van der Waals surface area (Å²) < 4.78 is 27.7. The molecule has 100 valence electrons. The zero-order valence-electron chi connectivity index (χ0n) is 10.3. The van der Waals surface area contributed by atoms with Crippen molar-refractivity contribution in [3.05, 3.63) is 69.2 Å². The number of halogens is 4. The molecule has 0 radical (unpaired) electrons. The van der Waals surface area contributed by atoms with Crippen LogP contribution in [0.15, 0.2) is 40.9 Å². The highest BCUT2D eigenvalue weighted by Crippen LogP contribution is 2.29. The van der Waals surface area contributed by atoms with Crippen LogP contribution in [0, 0.1) is 18.6 Å². The SMILES string of the molecule is Cc1cc(C(Cl)Cc2cccc(F)c2F)ccc1Br. The van der Waals surface area contributed by atoms with Gasteiger partial charge in [-0.15, -0.1) is 11.6 Å². The standard InChI is InChI=1S/C15H12BrClF2/c1-9-7-10(5-6-12(9)16)13(17)8-11-3-2-4-14(18)15(11)19/h2-7,13H,8H2,1H3. The van der Waals surface area contributed by atoms with Crippen LogP contribution in [0.2, 0.25) is 0 Å². The van der Waals surface area contributed by atoms with E-state index in [-0.39, 0.29) is 11.8 Å². The second kappa shape index (κ2) is 6.02. The van der Waals surface area contributed by atoms with E-state index in [0.29, 0.717) is 5.56 Å². The molecule has 0 nitrogen and oxygen atoms in total. The third-order valence-corrected chi connectivity index (χ3v) is 4.27. The van der Waals surface area contributed by atoms with Crippen LogP contribution in [0.5, 0.6) is 0 Å². The van der Waals surface area contributed by atoms with Crippen molar-refractivity contribution in [2.24, 2.45) is 0 Å². The lowest BCUT2D eigenvalue weighted by Crippen LogP contribution is -2.00. The topological polar surface area (TPSA) is 0 Å². The van der Waals surface area contributed by atoms with Crippen molar-refractivity contribution in [3.8, 4) is 0 Å². The first-order valence-electron chi connectivity index (χ1n) is 5.82. The molecule has 0 fully saturated rings. The third-order valence-electron chi connectivity index (χ3n) is 2.97. The Hall–Kier alpha value is -0.930. The number of benzene rings is 2. The van der Waals surface area contributed by atoms with E-state index in [0.717, 1.165) is 21.7 Å². The molecule has 0 aromatic heterocycles. The fraction of sp³-hybridized carbons (Fsp3) is 0.200. The molecule has 1 unspecified atom stereocenters. The summed E-state index contributed by atoms with van der Waals surface area (Å²) in [5.41, 5.74) is 2.24. The Labute approximate surface area is 124 Å². The molecule has 0 aliphatic carbocycles. The van der Waals surface area contributed by atoms with E-state index < -0.39 is 11.6 Å². The Morgan fingerprint density at radius 2 is 1.95 bits per heavy atom. The lowest BCUT2D eigenvalue weighted by atomic mass is 10.0. The first-order valence-corrected chi connectivity index (χ1v) is 7.05. The number of rotatable bonds is 3. The smallest absolute Gasteiger partial charge is 0.162 e. The van der Waals surface area contributed by atoms with Gasteiger partial charge in [0, 0.05) is 4.47 Å². The van der Waals surface area contributed by atoms with Crippen molar-refractivity contribution in [2.75, 3.05) is 0 Å². The zero-order chi connectivity index (χ0) is 14.0. The molecule has 0 aliphatic rings. The van der Waals surface area contributed by atoms with E-state index in [2.05, 4.69) is 15.9 Å². The minimum Gasteiger partial charge on any atom is -0.204 e. The van der Waals surface area contributed by atoms with E-state index in [9.17, 15) is 8.78 Å². The Kier molecular flexibility index (Phi) is 4.58. The largest absolute Gasteiger partial charge is 0.204 e. The van der Waals surface area contributed by atoms with Crippen LogP contribution >= 0.6 is 27.5 Å². The number of hydrogen-bond acceptors (Lipinski definition) is 0. The zero-order valence-corrected chi connectivity index (χ0v) is 12.6. The summed E-state index contributed by atoms with van der Waals surface area (Å²) in [4.78, 5) is 0. The summed E-state index contributed by atoms with van der Waals surface area (Å²) in [6.07, 6.45) is 0.256. The molecule has 0 N–H and O–H groups in total. The summed E-state index contributed by atoms with van der Waals surface area (Å²) in [6, 6.07) is 9.88. The molecule has 0 amide bonds. The molecule has 0 saturated carbocycles. The average Bonchev–Trinajstić information content (AvgIpc) is 2.38. The highest BCUT2D eigenvalue weighted by atomic mass is 79.9. The molecule has 2 aromatic rings. The van der Waals surface area contributed by atoms with Crippen LogP contribution in [0.1, 0.15) is 22.1 Å². The van der Waals surface area contributed by atoms with Crippen molar-refractivity contribution in [1.29, 1.82) is 0 Å². The molecular formula is C15H12BrClF2. The first kappa shape index (κ1) is 14.5. The van der Waals surface area contributed by atoms with Crippen LogP contribution in [0.4, 0.5) is 8.78 Å². The fourth-order valence-electron chi connectivity index (χ4n) is 1.88. The Bertz CT molecular complexity index is 599. The van der Waals surface area contributed by atoms with Gasteiger partial charge >= 0.3 is 0 Å². The maximum absolute atomic E-state index is 13.6. The summed E-state index contributed by atoms with van der Waals surface area (Å²) in [6.45, 7) is 1.96. The summed E-state index contributed by atoms with van der Waals surface area (Å²) >= 11 is 9.70. The third kappa shape index (κ3) is 3.34. The minimum atomic E-state index is -0.839. The monoisotopic (exact) mass is 344 g/mol. The van der Waals surface area contributed by atoms with Gasteiger partial charge in [-0.3, -0.25) is 0 Å². The number of aryl methyl sites for hydroxylation is 1. The molecule has 4 heteroatoms. The highest BCUT2D eigenvalue weighted by molar-refractivity contribution is 9.10. The minimum absolute atomic E-state index is 0.256. The summed E-state index contributed by atoms with van der Waals surface area (Å²) in [5, 5.41) is -0.386. The fourth-order valence-corrected chi connectivity index (χ4v) is 2.43. The predicted octanol–water partition coefficient (Wildman–Crippen LogP) is 5.56. The molecule has 0 bridgehead atoms. The van der Waals surface area contributed by atoms with Gasteiger partial charge in [0.25, 0.3) is 0 Å². The van der Waals surface area contributed by atoms with Crippen molar-refractivity contribution in [3.63, 3.8) is 0 Å². The van der Waals surface area contributed by atoms with E-state index in [1.165, 1.54) is 6.07 Å². The van der Waals surface area contributed by atoms with Gasteiger partial charge in [0.15, 0.2) is 11.6 Å². The molecule has 2 aromatic carbocycles. The predicted molar refractivity (Wildman–Crippen MR) is 77.5 cm³/mol. The van der Waals surface area contributed by atoms with Crippen LogP contribution in [-0.2, 0) is 6.42 Å². The van der Waals surface area contributed by atoms with Gasteiger partial charge in [-0.05, 0) is 42.2 Å². The van der Waals surface area contributed by atoms with Crippen molar-refractivity contribution in [1.82, 2.24) is 0 Å². The molecule has 0 heterocycles. The van der Waals surface area contributed by atoms with Crippen LogP contribution in [0.25, 0.3) is 0 Å². The Balaban J connectivity index is 2.23. The molecule has 0 spiro atoms. The van der Waals surface area contributed by atoms with E-state index in [4.69, 9.17) is 11.6 Å². The van der Waals surface area contributed by atoms with Crippen LogP contribution in [-0.4, -0.2) is 0 Å². The Morgan fingerprint density at radius 3 is 2.63 bits per heavy atom. The van der Waals surface area contributed by atoms with Gasteiger partial charge in [0.1, 0.15) is 0 Å². The van der Waals surface area contributed by atoms with Gasteiger partial charge in [-0.25, -0.2) is 8.78 Å². The van der Waals surface area contributed by atoms with Crippen LogP contribution in [0.3, 0.4) is 0 Å². The Morgan fingerprint density at radius 1 is 1.21 bits per heavy atom. The van der Waals surface area contributed by atoms with E-state index in [1.807, 2.05) is 25.1 Å². The van der Waals surface area contributed by atoms with Crippen molar-refractivity contribution < 1.29 is 8.78 Å². The van der Waals surface area contributed by atoms with Gasteiger partial charge in [0.2, 0.25) is 0 Å². The molecule has 1 atom stereocenters. The van der Waals surface area contributed by atoms with Crippen LogP contribution < -0.4 is 0 Å². The van der Waals surface area contributed by atoms with Crippen molar-refractivity contribution in [2.45, 2.75) is 18.7 Å². The van der Waals surface area contributed by atoms with Crippen molar-refractivity contribution >= 4 is 27.5 Å². The molecule has 2 rings (SSSR count). The quantitative estimate of drug-likeness (QED) is 0.639. The lowest BCUT2D eigenvalue weighted by molar-refractivity contribution is 0.498. The molecular weight excluding hydrogens is 334 g/mol. The molecule has 0 aliphatic heterocycles. The normalized spacial score (nSPS) is 12.5. The summed E-state index contributed by atoms with van der Waals surface area (Å²) in [5.74, 6) is -1.66. The lowest BCUT2D eigenvalue weighted by Gasteiger charge is -2.12. The molecule has 0 saturated heterocycles. The van der Waals surface area contributed by atoms with E-state index in [1.54, 1.807) is 6.07 Å². The second-order valence-electron chi connectivity index (χ2n) is 4.39. The van der Waals surface area contributed by atoms with Gasteiger partial charge in [0.05, 0.1) is 5.38 Å². The maximum Gasteiger partial charge on any atom is 0.162 e. The first-order chi connectivity index (χ1) is 8.99. The maximum atomic E-state index is 13.6. The average molecular weight is 346 g/mol. The molecule has 19 heavy (non-hydrogen) atoms. The highest BCUT2D eigenvalue weighted by Gasteiger charge is 2.14. The summed E-state index contributed by atoms with van der Waals surface area (Å²) in [7, 11) is 0. The second-order valence-corrected chi connectivity index (χ2v) is 5.77. The number of hydrogen-bond donors (Lipinski definition) is 0. The van der Waals surface area contributed by atoms with Gasteiger partial charge in [-0.2, -0.15) is 0 Å². The van der Waals surface area contributed by atoms with E-state index >= 15 is 0 Å². The van der Waals surface area contributed by atoms with Gasteiger partial charge in [-0.1, -0.05) is 40.2 Å². The number of alkyl halides is 1. The van der Waals surface area contributed by atoms with Gasteiger partial charge < -0.3 is 0 Å².